The van der Waals surface area contributed by atoms with E-state index in [2.05, 4.69) is 10.3 Å². The molecule has 2 amide bonds. The van der Waals surface area contributed by atoms with Crippen LogP contribution in [0.4, 0.5) is 6.01 Å². The summed E-state index contributed by atoms with van der Waals surface area (Å²) >= 11 is 0. The van der Waals surface area contributed by atoms with Crippen LogP contribution in [-0.2, 0) is 14.3 Å². The van der Waals surface area contributed by atoms with Crippen LogP contribution >= 0.6 is 0 Å². The molecule has 2 rings (SSSR count). The van der Waals surface area contributed by atoms with Gasteiger partial charge in [-0.05, 0) is 13.3 Å². The van der Waals surface area contributed by atoms with Crippen molar-refractivity contribution in [1.82, 2.24) is 10.3 Å². The van der Waals surface area contributed by atoms with E-state index in [1.165, 1.54) is 4.90 Å². The summed E-state index contributed by atoms with van der Waals surface area (Å²) in [5.41, 5.74) is 0.00938. The second-order valence-corrected chi connectivity index (χ2v) is 4.20. The zero-order valence-electron chi connectivity index (χ0n) is 11.2. The molecule has 1 aliphatic heterocycles. The van der Waals surface area contributed by atoms with Crippen molar-refractivity contribution in [3.8, 4) is 0 Å². The third kappa shape index (κ3) is 2.63. The molecule has 1 N–H and O–H groups in total. The molecule has 1 aromatic rings. The van der Waals surface area contributed by atoms with Crippen molar-refractivity contribution >= 4 is 23.8 Å². The van der Waals surface area contributed by atoms with Crippen LogP contribution in [0.1, 0.15) is 30.8 Å². The van der Waals surface area contributed by atoms with Gasteiger partial charge in [0.2, 0.25) is 11.8 Å². The number of aromatic nitrogens is 1. The first kappa shape index (κ1) is 14.0. The highest BCUT2D eigenvalue weighted by molar-refractivity contribution is 6.04. The summed E-state index contributed by atoms with van der Waals surface area (Å²) in [4.78, 5) is 40.1. The van der Waals surface area contributed by atoms with E-state index in [0.717, 1.165) is 6.26 Å². The van der Waals surface area contributed by atoms with Crippen molar-refractivity contribution in [2.75, 3.05) is 18.1 Å². The standard InChI is InChI=1S/C12H15N3O5/c1-3-8-10(17)14-9(16)5-15(8)12-13-7(6-20-12)11(18)19-4-2/h6,8H,3-5H2,1-2H3,(H,14,16,17). The smallest absolute Gasteiger partial charge is 0.360 e. The van der Waals surface area contributed by atoms with E-state index in [-0.39, 0.29) is 24.9 Å². The summed E-state index contributed by atoms with van der Waals surface area (Å²) in [6.07, 6.45) is 1.63. The van der Waals surface area contributed by atoms with Gasteiger partial charge in [-0.2, -0.15) is 4.98 Å². The molecular formula is C12H15N3O5. The normalized spacial score (nSPS) is 18.9. The van der Waals surface area contributed by atoms with Gasteiger partial charge in [0.05, 0.1) is 6.61 Å². The van der Waals surface area contributed by atoms with Crippen LogP contribution in [-0.4, -0.2) is 42.0 Å². The Bertz CT molecular complexity index is 539. The fraction of sp³-hybridized carbons (Fsp3) is 0.500. The number of ether oxygens (including phenoxy) is 1. The van der Waals surface area contributed by atoms with Gasteiger partial charge in [0.25, 0.3) is 6.01 Å². The molecule has 20 heavy (non-hydrogen) atoms. The van der Waals surface area contributed by atoms with E-state index in [1.54, 1.807) is 6.92 Å². The minimum Gasteiger partial charge on any atom is -0.461 e. The van der Waals surface area contributed by atoms with Gasteiger partial charge in [-0.25, -0.2) is 4.79 Å². The number of piperazine rings is 1. The maximum atomic E-state index is 11.7. The van der Waals surface area contributed by atoms with Gasteiger partial charge in [0, 0.05) is 0 Å². The average molecular weight is 281 g/mol. The minimum absolute atomic E-state index is 0.00938. The van der Waals surface area contributed by atoms with Crippen molar-refractivity contribution in [2.24, 2.45) is 0 Å². The predicted molar refractivity (Wildman–Crippen MR) is 67.0 cm³/mol. The molecule has 108 valence electrons. The number of nitrogens with one attached hydrogen (secondary N) is 1. The lowest BCUT2D eigenvalue weighted by molar-refractivity contribution is -0.133. The highest BCUT2D eigenvalue weighted by atomic mass is 16.5. The number of hydrogen-bond acceptors (Lipinski definition) is 7. The number of anilines is 1. The number of rotatable bonds is 4. The van der Waals surface area contributed by atoms with Gasteiger partial charge in [0.1, 0.15) is 18.8 Å². The first-order chi connectivity index (χ1) is 9.56. The maximum absolute atomic E-state index is 11.7. The molecule has 0 aromatic carbocycles. The Kier molecular flexibility index (Phi) is 4.02. The SMILES string of the molecule is CCOC(=O)c1coc(N2CC(=O)NC(=O)C2CC)n1. The molecule has 0 radical (unpaired) electrons. The Hall–Kier alpha value is -2.38. The Morgan fingerprint density at radius 1 is 1.55 bits per heavy atom. The molecule has 1 aliphatic rings. The Morgan fingerprint density at radius 2 is 2.30 bits per heavy atom. The molecule has 1 unspecified atom stereocenters. The first-order valence-corrected chi connectivity index (χ1v) is 6.29. The van der Waals surface area contributed by atoms with Crippen molar-refractivity contribution in [3.63, 3.8) is 0 Å². The van der Waals surface area contributed by atoms with Crippen LogP contribution in [0, 0.1) is 0 Å². The van der Waals surface area contributed by atoms with Crippen LogP contribution in [0.2, 0.25) is 0 Å². The Balaban J connectivity index is 2.23. The van der Waals surface area contributed by atoms with Crippen molar-refractivity contribution in [2.45, 2.75) is 26.3 Å². The van der Waals surface area contributed by atoms with E-state index in [9.17, 15) is 14.4 Å². The highest BCUT2D eigenvalue weighted by Crippen LogP contribution is 2.20. The third-order valence-electron chi connectivity index (χ3n) is 2.86. The second kappa shape index (κ2) is 5.72. The first-order valence-electron chi connectivity index (χ1n) is 6.29. The predicted octanol–water partition coefficient (Wildman–Crippen LogP) is 0.0927. The quantitative estimate of drug-likeness (QED) is 0.616. The van der Waals surface area contributed by atoms with Gasteiger partial charge in [-0.15, -0.1) is 0 Å². The lowest BCUT2D eigenvalue weighted by Gasteiger charge is -2.31. The van der Waals surface area contributed by atoms with Gasteiger partial charge in [0.15, 0.2) is 5.69 Å². The molecule has 2 heterocycles. The summed E-state index contributed by atoms with van der Waals surface area (Å²) in [6.45, 7) is 3.66. The van der Waals surface area contributed by atoms with E-state index in [4.69, 9.17) is 9.15 Å². The molecule has 1 atom stereocenters. The average Bonchev–Trinajstić information content (AvgIpc) is 2.87. The second-order valence-electron chi connectivity index (χ2n) is 4.20. The van der Waals surface area contributed by atoms with Crippen molar-refractivity contribution in [3.05, 3.63) is 12.0 Å². The molecule has 1 aromatic heterocycles. The van der Waals surface area contributed by atoms with Crippen molar-refractivity contribution in [1.29, 1.82) is 0 Å². The third-order valence-corrected chi connectivity index (χ3v) is 2.86. The number of nitrogens with zero attached hydrogens (tertiary/aromatic N) is 2. The topological polar surface area (TPSA) is 102 Å². The molecule has 0 aliphatic carbocycles. The summed E-state index contributed by atoms with van der Waals surface area (Å²) in [6, 6.07) is -0.496. The Labute approximate surface area is 115 Å². The van der Waals surface area contributed by atoms with Gasteiger partial charge >= 0.3 is 5.97 Å². The fourth-order valence-corrected chi connectivity index (χ4v) is 1.97. The molecule has 0 saturated carbocycles. The molecule has 1 saturated heterocycles. The molecule has 8 heteroatoms. The van der Waals surface area contributed by atoms with Crippen molar-refractivity contribution < 1.29 is 23.5 Å². The largest absolute Gasteiger partial charge is 0.461 e. The highest BCUT2D eigenvalue weighted by Gasteiger charge is 2.35. The minimum atomic E-state index is -0.608. The van der Waals surface area contributed by atoms with E-state index >= 15 is 0 Å². The number of hydrogen-bond donors (Lipinski definition) is 1. The summed E-state index contributed by atoms with van der Waals surface area (Å²) in [5, 5.41) is 2.25. The van der Waals surface area contributed by atoms with E-state index < -0.39 is 23.8 Å². The number of carbonyl (C=O) groups excluding carboxylic acids is 3. The lowest BCUT2D eigenvalue weighted by atomic mass is 10.1. The van der Waals surface area contributed by atoms with Crippen LogP contribution in [0.3, 0.4) is 0 Å². The molecular weight excluding hydrogens is 266 g/mol. The van der Waals surface area contributed by atoms with Crippen LogP contribution in [0.25, 0.3) is 0 Å². The van der Waals surface area contributed by atoms with Gasteiger partial charge in [-0.1, -0.05) is 6.92 Å². The van der Waals surface area contributed by atoms with Gasteiger partial charge in [-0.3, -0.25) is 14.9 Å². The number of imide groups is 1. The van der Waals surface area contributed by atoms with Crippen LogP contribution < -0.4 is 10.2 Å². The molecule has 8 nitrogen and oxygen atoms in total. The maximum Gasteiger partial charge on any atom is 0.360 e. The lowest BCUT2D eigenvalue weighted by Crippen LogP contribution is -2.58. The zero-order valence-corrected chi connectivity index (χ0v) is 11.2. The number of esters is 1. The van der Waals surface area contributed by atoms with E-state index in [1.807, 2.05) is 6.92 Å². The number of amides is 2. The Morgan fingerprint density at radius 3 is 2.95 bits per heavy atom. The van der Waals surface area contributed by atoms with Crippen LogP contribution in [0.5, 0.6) is 0 Å². The number of carbonyl (C=O) groups is 3. The fourth-order valence-electron chi connectivity index (χ4n) is 1.97. The molecule has 0 spiro atoms. The zero-order chi connectivity index (χ0) is 14.7. The molecule has 0 bridgehead atoms. The molecule has 1 fully saturated rings. The van der Waals surface area contributed by atoms with Gasteiger partial charge < -0.3 is 14.1 Å². The summed E-state index contributed by atoms with van der Waals surface area (Å²) < 4.78 is 9.98. The van der Waals surface area contributed by atoms with E-state index in [0.29, 0.717) is 6.42 Å². The monoisotopic (exact) mass is 281 g/mol. The van der Waals surface area contributed by atoms with Crippen LogP contribution in [0.15, 0.2) is 10.7 Å². The number of oxazole rings is 1. The summed E-state index contributed by atoms with van der Waals surface area (Å²) in [5.74, 6) is -1.45. The summed E-state index contributed by atoms with van der Waals surface area (Å²) in [7, 11) is 0.